The summed E-state index contributed by atoms with van der Waals surface area (Å²) in [5.74, 6) is -0.646. The molecule has 1 amide bonds. The van der Waals surface area contributed by atoms with Gasteiger partial charge in [0.1, 0.15) is 16.5 Å². The van der Waals surface area contributed by atoms with Crippen molar-refractivity contribution in [1.82, 2.24) is 10.3 Å². The van der Waals surface area contributed by atoms with Gasteiger partial charge in [0.25, 0.3) is 5.91 Å². The van der Waals surface area contributed by atoms with E-state index >= 15 is 0 Å². The van der Waals surface area contributed by atoms with Crippen molar-refractivity contribution in [1.29, 1.82) is 0 Å². The van der Waals surface area contributed by atoms with Gasteiger partial charge in [-0.1, -0.05) is 31.5 Å². The molecule has 0 radical (unpaired) electrons. The fourth-order valence-electron chi connectivity index (χ4n) is 2.03. The molecule has 0 unspecified atom stereocenters. The Morgan fingerprint density at radius 1 is 1.50 bits per heavy atom. The Hall–Kier alpha value is -1.50. The Balaban J connectivity index is 2.07. The second-order valence-electron chi connectivity index (χ2n) is 5.52. The second kappa shape index (κ2) is 6.73. The number of benzene rings is 1. The van der Waals surface area contributed by atoms with Crippen molar-refractivity contribution in [2.45, 2.75) is 25.8 Å². The fourth-order valence-corrected chi connectivity index (χ4v) is 3.11. The molecule has 1 heterocycles. The van der Waals surface area contributed by atoms with Crippen LogP contribution in [-0.4, -0.2) is 17.4 Å². The topological polar surface area (TPSA) is 68.0 Å². The summed E-state index contributed by atoms with van der Waals surface area (Å²) in [7, 11) is 0. The van der Waals surface area contributed by atoms with Crippen molar-refractivity contribution < 1.29 is 9.18 Å². The molecule has 3 N–H and O–H groups in total. The van der Waals surface area contributed by atoms with Crippen LogP contribution >= 0.6 is 22.9 Å². The zero-order valence-corrected chi connectivity index (χ0v) is 13.9. The molecule has 0 spiro atoms. The zero-order valence-electron chi connectivity index (χ0n) is 12.3. The first-order chi connectivity index (χ1) is 10.3. The summed E-state index contributed by atoms with van der Waals surface area (Å²) in [6.07, 6.45) is 0. The largest absolute Gasteiger partial charge is 0.350 e. The lowest BCUT2D eigenvalue weighted by molar-refractivity contribution is 0.0941. The van der Waals surface area contributed by atoms with Crippen LogP contribution in [0.1, 0.15) is 34.9 Å². The summed E-state index contributed by atoms with van der Waals surface area (Å²) in [6, 6.07) is 4.27. The molecule has 1 aromatic heterocycles. The molecular formula is C15H17ClFN3OS. The predicted octanol–water partition coefficient (Wildman–Crippen LogP) is 3.10. The SMILES string of the molecule is CC(C)(CNC(=O)c1csc(CN)n1)c1ccc(F)cc1Cl. The van der Waals surface area contributed by atoms with Gasteiger partial charge >= 0.3 is 0 Å². The third-order valence-electron chi connectivity index (χ3n) is 3.31. The van der Waals surface area contributed by atoms with Gasteiger partial charge in [0, 0.05) is 28.9 Å². The van der Waals surface area contributed by atoms with Gasteiger partial charge in [-0.2, -0.15) is 0 Å². The lowest BCUT2D eigenvalue weighted by Crippen LogP contribution is -2.37. The Morgan fingerprint density at radius 2 is 2.23 bits per heavy atom. The standard InChI is InChI=1S/C15H17ClFN3OS/c1-15(2,10-4-3-9(17)5-11(10)16)8-19-14(21)12-7-22-13(6-18)20-12/h3-5,7H,6,8,18H2,1-2H3,(H,19,21). The maximum absolute atomic E-state index is 13.1. The number of amides is 1. The van der Waals surface area contributed by atoms with E-state index in [9.17, 15) is 9.18 Å². The number of halogens is 2. The molecule has 0 saturated carbocycles. The van der Waals surface area contributed by atoms with Crippen LogP contribution in [0.3, 0.4) is 0 Å². The number of rotatable bonds is 5. The molecule has 0 fully saturated rings. The molecule has 2 rings (SSSR count). The van der Waals surface area contributed by atoms with Crippen LogP contribution in [-0.2, 0) is 12.0 Å². The first-order valence-electron chi connectivity index (χ1n) is 6.71. The minimum atomic E-state index is -0.437. The monoisotopic (exact) mass is 341 g/mol. The summed E-state index contributed by atoms with van der Waals surface area (Å²) in [6.45, 7) is 4.53. The van der Waals surface area contributed by atoms with Gasteiger partial charge in [-0.15, -0.1) is 11.3 Å². The summed E-state index contributed by atoms with van der Waals surface area (Å²) in [5.41, 5.74) is 6.17. The summed E-state index contributed by atoms with van der Waals surface area (Å²) < 4.78 is 13.1. The molecule has 0 aliphatic carbocycles. The number of hydrogen-bond donors (Lipinski definition) is 2. The Kier molecular flexibility index (Phi) is 5.16. The zero-order chi connectivity index (χ0) is 16.3. The average Bonchev–Trinajstić information content (AvgIpc) is 2.93. The van der Waals surface area contributed by atoms with E-state index < -0.39 is 5.41 Å². The molecule has 2 aromatic rings. The number of nitrogens with zero attached hydrogens (tertiary/aromatic N) is 1. The van der Waals surface area contributed by atoms with Gasteiger partial charge in [0.2, 0.25) is 0 Å². The smallest absolute Gasteiger partial charge is 0.270 e. The van der Waals surface area contributed by atoms with Crippen molar-refractivity contribution in [3.05, 3.63) is 50.7 Å². The predicted molar refractivity (Wildman–Crippen MR) is 86.8 cm³/mol. The molecule has 0 aliphatic rings. The minimum absolute atomic E-state index is 0.262. The number of nitrogens with one attached hydrogen (secondary N) is 1. The summed E-state index contributed by atoms with van der Waals surface area (Å²) in [4.78, 5) is 16.2. The molecule has 22 heavy (non-hydrogen) atoms. The molecule has 7 heteroatoms. The highest BCUT2D eigenvalue weighted by Gasteiger charge is 2.25. The van der Waals surface area contributed by atoms with Crippen LogP contribution in [0, 0.1) is 5.82 Å². The molecule has 0 bridgehead atoms. The van der Waals surface area contributed by atoms with E-state index in [0.717, 1.165) is 5.56 Å². The molecule has 0 saturated heterocycles. The molecule has 118 valence electrons. The van der Waals surface area contributed by atoms with E-state index in [2.05, 4.69) is 10.3 Å². The Morgan fingerprint density at radius 3 is 2.82 bits per heavy atom. The number of carbonyl (C=O) groups excluding carboxylic acids is 1. The van der Waals surface area contributed by atoms with Crippen LogP contribution in [0.25, 0.3) is 0 Å². The average molecular weight is 342 g/mol. The van der Waals surface area contributed by atoms with E-state index in [1.165, 1.54) is 23.5 Å². The van der Waals surface area contributed by atoms with Gasteiger partial charge in [-0.3, -0.25) is 4.79 Å². The lowest BCUT2D eigenvalue weighted by atomic mass is 9.84. The molecule has 0 aliphatic heterocycles. The first-order valence-corrected chi connectivity index (χ1v) is 7.97. The van der Waals surface area contributed by atoms with Crippen molar-refractivity contribution in [3.8, 4) is 0 Å². The Labute approximate surface area is 137 Å². The van der Waals surface area contributed by atoms with Crippen LogP contribution < -0.4 is 11.1 Å². The van der Waals surface area contributed by atoms with Crippen molar-refractivity contribution in [3.63, 3.8) is 0 Å². The van der Waals surface area contributed by atoms with E-state index in [0.29, 0.717) is 28.8 Å². The van der Waals surface area contributed by atoms with Gasteiger partial charge in [0.15, 0.2) is 0 Å². The number of nitrogens with two attached hydrogens (primary N) is 1. The quantitative estimate of drug-likeness (QED) is 0.878. The number of hydrogen-bond acceptors (Lipinski definition) is 4. The highest BCUT2D eigenvalue weighted by molar-refractivity contribution is 7.09. The van der Waals surface area contributed by atoms with Crippen LogP contribution in [0.5, 0.6) is 0 Å². The maximum atomic E-state index is 13.1. The van der Waals surface area contributed by atoms with Crippen LogP contribution in [0.2, 0.25) is 5.02 Å². The highest BCUT2D eigenvalue weighted by Crippen LogP contribution is 2.30. The molecular weight excluding hydrogens is 325 g/mol. The molecule has 4 nitrogen and oxygen atoms in total. The normalized spacial score (nSPS) is 11.5. The number of thiazole rings is 1. The maximum Gasteiger partial charge on any atom is 0.270 e. The lowest BCUT2D eigenvalue weighted by Gasteiger charge is -2.26. The summed E-state index contributed by atoms with van der Waals surface area (Å²) in [5, 5.41) is 5.56. The second-order valence-corrected chi connectivity index (χ2v) is 6.87. The molecule has 0 atom stereocenters. The van der Waals surface area contributed by atoms with Gasteiger partial charge in [-0.25, -0.2) is 9.37 Å². The summed E-state index contributed by atoms with van der Waals surface area (Å²) >= 11 is 7.44. The van der Waals surface area contributed by atoms with Crippen molar-refractivity contribution in [2.24, 2.45) is 5.73 Å². The van der Waals surface area contributed by atoms with Gasteiger partial charge < -0.3 is 11.1 Å². The number of aromatic nitrogens is 1. The third-order valence-corrected chi connectivity index (χ3v) is 4.49. The van der Waals surface area contributed by atoms with Crippen molar-refractivity contribution >= 4 is 28.8 Å². The first kappa shape index (κ1) is 16.9. The molecule has 1 aromatic carbocycles. The number of carbonyl (C=O) groups is 1. The minimum Gasteiger partial charge on any atom is -0.350 e. The Bertz CT molecular complexity index is 687. The fraction of sp³-hybridized carbons (Fsp3) is 0.333. The van der Waals surface area contributed by atoms with Gasteiger partial charge in [-0.05, 0) is 17.7 Å². The van der Waals surface area contributed by atoms with E-state index in [4.69, 9.17) is 17.3 Å². The van der Waals surface area contributed by atoms with Crippen LogP contribution in [0.15, 0.2) is 23.6 Å². The van der Waals surface area contributed by atoms with Crippen molar-refractivity contribution in [2.75, 3.05) is 6.54 Å². The highest BCUT2D eigenvalue weighted by atomic mass is 35.5. The van der Waals surface area contributed by atoms with E-state index in [1.54, 1.807) is 11.4 Å². The van der Waals surface area contributed by atoms with Crippen LogP contribution in [0.4, 0.5) is 4.39 Å². The third kappa shape index (κ3) is 3.82. The van der Waals surface area contributed by atoms with Gasteiger partial charge in [0.05, 0.1) is 0 Å². The van der Waals surface area contributed by atoms with E-state index in [-0.39, 0.29) is 11.7 Å². The van der Waals surface area contributed by atoms with E-state index in [1.807, 2.05) is 13.8 Å².